The molecule has 0 bridgehead atoms. The zero-order chi connectivity index (χ0) is 12.8. The van der Waals surface area contributed by atoms with Crippen LogP contribution in [0.5, 0.6) is 0 Å². The highest BCUT2D eigenvalue weighted by Gasteiger charge is 2.35. The Kier molecular flexibility index (Phi) is 3.23. The number of rotatable bonds is 4. The van der Waals surface area contributed by atoms with Gasteiger partial charge in [-0.15, -0.1) is 11.3 Å². The summed E-state index contributed by atoms with van der Waals surface area (Å²) in [6.07, 6.45) is 6.49. The minimum atomic E-state index is 0.394. The van der Waals surface area contributed by atoms with Gasteiger partial charge in [-0.1, -0.05) is 20.8 Å². The van der Waals surface area contributed by atoms with Gasteiger partial charge < -0.3 is 5.32 Å². The lowest BCUT2D eigenvalue weighted by Gasteiger charge is -2.34. The molecule has 2 aliphatic rings. The van der Waals surface area contributed by atoms with Crippen molar-refractivity contribution in [2.24, 2.45) is 11.3 Å². The second-order valence-corrected chi connectivity index (χ2v) is 7.84. The van der Waals surface area contributed by atoms with E-state index in [-0.39, 0.29) is 0 Å². The molecule has 100 valence electrons. The first kappa shape index (κ1) is 12.6. The van der Waals surface area contributed by atoms with Crippen LogP contribution < -0.4 is 5.32 Å². The number of fused-ring (bicyclic) bond motifs is 1. The Balaban J connectivity index is 1.85. The van der Waals surface area contributed by atoms with Crippen molar-refractivity contribution in [2.45, 2.75) is 58.9 Å². The van der Waals surface area contributed by atoms with E-state index in [1.807, 2.05) is 11.3 Å². The SMILES string of the molecule is CCNC1CC(C)(C)Cc2nc(CC3CC3)sc21. The molecular weight excluding hydrogens is 240 g/mol. The monoisotopic (exact) mass is 264 g/mol. The van der Waals surface area contributed by atoms with E-state index in [4.69, 9.17) is 4.98 Å². The summed E-state index contributed by atoms with van der Waals surface area (Å²) in [5, 5.41) is 5.04. The fourth-order valence-electron chi connectivity index (χ4n) is 3.05. The largest absolute Gasteiger partial charge is 0.309 e. The van der Waals surface area contributed by atoms with Crippen LogP contribution in [-0.4, -0.2) is 11.5 Å². The molecule has 0 aliphatic heterocycles. The second kappa shape index (κ2) is 4.61. The molecule has 0 spiro atoms. The van der Waals surface area contributed by atoms with Gasteiger partial charge in [-0.25, -0.2) is 4.98 Å². The molecule has 1 aromatic rings. The van der Waals surface area contributed by atoms with Gasteiger partial charge in [0, 0.05) is 17.3 Å². The first-order valence-corrected chi connectivity index (χ1v) is 8.11. The molecule has 2 aliphatic carbocycles. The van der Waals surface area contributed by atoms with Crippen molar-refractivity contribution in [1.82, 2.24) is 10.3 Å². The Morgan fingerprint density at radius 3 is 2.83 bits per heavy atom. The van der Waals surface area contributed by atoms with Crippen LogP contribution in [-0.2, 0) is 12.8 Å². The number of thiazole rings is 1. The van der Waals surface area contributed by atoms with Crippen LogP contribution in [0.25, 0.3) is 0 Å². The maximum Gasteiger partial charge on any atom is 0.0934 e. The first-order chi connectivity index (χ1) is 8.57. The lowest BCUT2D eigenvalue weighted by Crippen LogP contribution is -2.32. The molecule has 1 saturated carbocycles. The van der Waals surface area contributed by atoms with E-state index in [0.29, 0.717) is 11.5 Å². The minimum Gasteiger partial charge on any atom is -0.309 e. The molecule has 0 saturated heterocycles. The molecule has 3 rings (SSSR count). The molecule has 3 heteroatoms. The Morgan fingerprint density at radius 1 is 1.39 bits per heavy atom. The summed E-state index contributed by atoms with van der Waals surface area (Å²) in [6.45, 7) is 8.00. The van der Waals surface area contributed by atoms with Crippen molar-refractivity contribution < 1.29 is 0 Å². The van der Waals surface area contributed by atoms with Crippen molar-refractivity contribution in [2.75, 3.05) is 6.54 Å². The number of nitrogens with zero attached hydrogens (tertiary/aromatic N) is 1. The van der Waals surface area contributed by atoms with E-state index in [1.54, 1.807) is 0 Å². The Morgan fingerprint density at radius 2 is 2.17 bits per heavy atom. The highest BCUT2D eigenvalue weighted by molar-refractivity contribution is 7.11. The van der Waals surface area contributed by atoms with E-state index in [2.05, 4.69) is 26.1 Å². The van der Waals surface area contributed by atoms with Crippen molar-refractivity contribution >= 4 is 11.3 Å². The highest BCUT2D eigenvalue weighted by atomic mass is 32.1. The van der Waals surface area contributed by atoms with Crippen LogP contribution in [0.2, 0.25) is 0 Å². The standard InChI is InChI=1S/C15H24N2S/c1-4-16-11-8-15(2,3)9-12-14(11)18-13(17-12)7-10-5-6-10/h10-11,16H,4-9H2,1-3H3. The van der Waals surface area contributed by atoms with Gasteiger partial charge in [-0.3, -0.25) is 0 Å². The molecule has 1 aromatic heterocycles. The van der Waals surface area contributed by atoms with Crippen molar-refractivity contribution in [3.05, 3.63) is 15.6 Å². The Hall–Kier alpha value is -0.410. The summed E-state index contributed by atoms with van der Waals surface area (Å²) in [5.41, 5.74) is 1.78. The smallest absolute Gasteiger partial charge is 0.0934 e. The third-order valence-corrected chi connectivity index (χ3v) is 5.34. The molecule has 1 fully saturated rings. The van der Waals surface area contributed by atoms with Gasteiger partial charge >= 0.3 is 0 Å². The minimum absolute atomic E-state index is 0.394. The second-order valence-electron chi connectivity index (χ2n) is 6.72. The van der Waals surface area contributed by atoms with Crippen LogP contribution in [0, 0.1) is 11.3 Å². The molecule has 0 amide bonds. The van der Waals surface area contributed by atoms with Gasteiger partial charge in [0.15, 0.2) is 0 Å². The van der Waals surface area contributed by atoms with Crippen molar-refractivity contribution in [3.8, 4) is 0 Å². The Bertz CT molecular complexity index is 432. The fraction of sp³-hybridized carbons (Fsp3) is 0.800. The zero-order valence-corrected chi connectivity index (χ0v) is 12.6. The van der Waals surface area contributed by atoms with E-state index in [0.717, 1.165) is 18.9 Å². The Labute approximate surface area is 114 Å². The van der Waals surface area contributed by atoms with Gasteiger partial charge in [0.1, 0.15) is 0 Å². The lowest BCUT2D eigenvalue weighted by molar-refractivity contribution is 0.260. The predicted octanol–water partition coefficient (Wildman–Crippen LogP) is 3.72. The maximum absolute atomic E-state index is 4.94. The van der Waals surface area contributed by atoms with Crippen LogP contribution in [0.1, 0.15) is 61.7 Å². The summed E-state index contributed by atoms with van der Waals surface area (Å²) in [6, 6.07) is 0.541. The molecule has 0 aromatic carbocycles. The third-order valence-electron chi connectivity index (χ3n) is 4.10. The average Bonchev–Trinajstić information content (AvgIpc) is 2.97. The summed E-state index contributed by atoms with van der Waals surface area (Å²) in [5.74, 6) is 0.947. The maximum atomic E-state index is 4.94. The third kappa shape index (κ3) is 2.62. The highest BCUT2D eigenvalue weighted by Crippen LogP contribution is 2.44. The molecule has 18 heavy (non-hydrogen) atoms. The normalized spacial score (nSPS) is 26.1. The number of nitrogens with one attached hydrogen (secondary N) is 1. The summed E-state index contributed by atoms with van der Waals surface area (Å²) in [7, 11) is 0. The molecular formula is C15H24N2S. The fourth-order valence-corrected chi connectivity index (χ4v) is 4.32. The molecule has 1 unspecified atom stereocenters. The van der Waals surface area contributed by atoms with Crippen LogP contribution in [0.4, 0.5) is 0 Å². The van der Waals surface area contributed by atoms with Crippen LogP contribution in [0.15, 0.2) is 0 Å². The van der Waals surface area contributed by atoms with Gasteiger partial charge in [0.25, 0.3) is 0 Å². The topological polar surface area (TPSA) is 24.9 Å². The number of hydrogen-bond donors (Lipinski definition) is 1. The van der Waals surface area contributed by atoms with E-state index < -0.39 is 0 Å². The van der Waals surface area contributed by atoms with E-state index >= 15 is 0 Å². The predicted molar refractivity (Wildman–Crippen MR) is 77.1 cm³/mol. The molecule has 1 N–H and O–H groups in total. The van der Waals surface area contributed by atoms with Crippen molar-refractivity contribution in [3.63, 3.8) is 0 Å². The van der Waals surface area contributed by atoms with Gasteiger partial charge in [0.05, 0.1) is 10.7 Å². The number of hydrogen-bond acceptors (Lipinski definition) is 3. The van der Waals surface area contributed by atoms with Gasteiger partial charge in [-0.05, 0) is 43.6 Å². The molecule has 0 radical (unpaired) electrons. The van der Waals surface area contributed by atoms with Crippen LogP contribution in [0.3, 0.4) is 0 Å². The summed E-state index contributed by atoms with van der Waals surface area (Å²) >= 11 is 1.98. The molecule has 1 heterocycles. The summed E-state index contributed by atoms with van der Waals surface area (Å²) in [4.78, 5) is 6.47. The van der Waals surface area contributed by atoms with Gasteiger partial charge in [0.2, 0.25) is 0 Å². The average molecular weight is 264 g/mol. The first-order valence-electron chi connectivity index (χ1n) is 7.29. The van der Waals surface area contributed by atoms with E-state index in [1.165, 1.54) is 41.3 Å². The van der Waals surface area contributed by atoms with Crippen LogP contribution >= 0.6 is 11.3 Å². The lowest BCUT2D eigenvalue weighted by atomic mass is 9.76. The molecule has 1 atom stereocenters. The van der Waals surface area contributed by atoms with Gasteiger partial charge in [-0.2, -0.15) is 0 Å². The quantitative estimate of drug-likeness (QED) is 0.896. The van der Waals surface area contributed by atoms with Crippen molar-refractivity contribution in [1.29, 1.82) is 0 Å². The zero-order valence-electron chi connectivity index (χ0n) is 11.8. The molecule has 2 nitrogen and oxygen atoms in total. The number of aromatic nitrogens is 1. The van der Waals surface area contributed by atoms with E-state index in [9.17, 15) is 0 Å². The summed E-state index contributed by atoms with van der Waals surface area (Å²) < 4.78 is 0.